The predicted molar refractivity (Wildman–Crippen MR) is 112 cm³/mol. The Labute approximate surface area is 174 Å². The van der Waals surface area contributed by atoms with Crippen LogP contribution < -0.4 is 10.1 Å². The first-order valence-electron chi connectivity index (χ1n) is 10.6. The molecule has 2 unspecified atom stereocenters. The molecular weight excluding hydrogens is 382 g/mol. The number of nitrogens with zero attached hydrogens (tertiary/aromatic N) is 2. The molecule has 0 bridgehead atoms. The summed E-state index contributed by atoms with van der Waals surface area (Å²) in [6.07, 6.45) is 2.02. The van der Waals surface area contributed by atoms with Crippen molar-refractivity contribution in [3.05, 3.63) is 36.0 Å². The zero-order chi connectivity index (χ0) is 20.7. The molecule has 7 heteroatoms. The Morgan fingerprint density at radius 2 is 2.13 bits per heavy atom. The van der Waals surface area contributed by atoms with Crippen LogP contribution in [0.1, 0.15) is 37.8 Å². The first kappa shape index (κ1) is 19.1. The van der Waals surface area contributed by atoms with Crippen LogP contribution in [0, 0.1) is 5.92 Å². The third-order valence-electron chi connectivity index (χ3n) is 6.21. The van der Waals surface area contributed by atoms with Gasteiger partial charge in [0.1, 0.15) is 18.1 Å². The van der Waals surface area contributed by atoms with E-state index in [1.165, 1.54) is 6.42 Å². The number of hydrogen-bond donors (Lipinski definition) is 1. The van der Waals surface area contributed by atoms with E-state index in [0.29, 0.717) is 30.7 Å². The first-order chi connectivity index (χ1) is 14.6. The van der Waals surface area contributed by atoms with E-state index < -0.39 is 5.92 Å². The third kappa shape index (κ3) is 3.54. The van der Waals surface area contributed by atoms with E-state index in [-0.39, 0.29) is 11.8 Å². The predicted octanol–water partition coefficient (Wildman–Crippen LogP) is 3.22. The maximum atomic E-state index is 12.3. The number of amides is 2. The van der Waals surface area contributed by atoms with Gasteiger partial charge in [0.25, 0.3) is 0 Å². The third-order valence-corrected chi connectivity index (χ3v) is 6.21. The molecule has 2 saturated heterocycles. The lowest BCUT2D eigenvalue weighted by molar-refractivity contribution is -0.134. The number of nitrogens with one attached hydrogen (secondary N) is 1. The molecule has 2 amide bonds. The van der Waals surface area contributed by atoms with Crippen LogP contribution in [-0.2, 0) is 9.59 Å². The van der Waals surface area contributed by atoms with Gasteiger partial charge in [0, 0.05) is 19.5 Å². The van der Waals surface area contributed by atoms with Gasteiger partial charge in [-0.05, 0) is 60.3 Å². The summed E-state index contributed by atoms with van der Waals surface area (Å²) in [7, 11) is 0. The number of hydrogen-bond acceptors (Lipinski definition) is 6. The minimum Gasteiger partial charge on any atom is -0.492 e. The van der Waals surface area contributed by atoms with Crippen molar-refractivity contribution in [3.8, 4) is 5.75 Å². The SMILES string of the molecule is CC1CCN(CCOc2ccc3c(ccc4onc(C5CCC(=O)NC5=O)c43)c2)C1. The topological polar surface area (TPSA) is 84.7 Å². The van der Waals surface area contributed by atoms with Crippen LogP contribution >= 0.6 is 0 Å². The van der Waals surface area contributed by atoms with Gasteiger partial charge in [-0.2, -0.15) is 0 Å². The quantitative estimate of drug-likeness (QED) is 0.654. The van der Waals surface area contributed by atoms with Crippen molar-refractivity contribution in [3.63, 3.8) is 0 Å². The van der Waals surface area contributed by atoms with E-state index in [1.54, 1.807) is 0 Å². The number of rotatable bonds is 5. The van der Waals surface area contributed by atoms with Gasteiger partial charge in [0.05, 0.1) is 11.3 Å². The zero-order valence-electron chi connectivity index (χ0n) is 17.0. The first-order valence-corrected chi connectivity index (χ1v) is 10.6. The molecular formula is C23H25N3O4. The monoisotopic (exact) mass is 407 g/mol. The van der Waals surface area contributed by atoms with Crippen molar-refractivity contribution in [2.75, 3.05) is 26.2 Å². The van der Waals surface area contributed by atoms with Crippen LogP contribution in [-0.4, -0.2) is 48.1 Å². The van der Waals surface area contributed by atoms with E-state index in [2.05, 4.69) is 22.3 Å². The molecule has 1 aromatic heterocycles. The number of ether oxygens (including phenoxy) is 1. The molecule has 2 fully saturated rings. The number of benzene rings is 2. The van der Waals surface area contributed by atoms with Gasteiger partial charge in [-0.15, -0.1) is 0 Å². The number of carbonyl (C=O) groups is 2. The Morgan fingerprint density at radius 1 is 1.23 bits per heavy atom. The number of imide groups is 1. The van der Waals surface area contributed by atoms with Crippen LogP contribution in [0.15, 0.2) is 34.9 Å². The number of likely N-dealkylation sites (tertiary alicyclic amines) is 1. The molecule has 3 aromatic rings. The van der Waals surface area contributed by atoms with Crippen molar-refractivity contribution in [2.24, 2.45) is 5.92 Å². The Kier molecular flexibility index (Phi) is 4.90. The molecule has 0 aliphatic carbocycles. The van der Waals surface area contributed by atoms with Crippen molar-refractivity contribution >= 4 is 33.6 Å². The molecule has 5 rings (SSSR count). The molecule has 30 heavy (non-hydrogen) atoms. The lowest BCUT2D eigenvalue weighted by Crippen LogP contribution is -2.39. The maximum Gasteiger partial charge on any atom is 0.235 e. The van der Waals surface area contributed by atoms with Gasteiger partial charge in [0.15, 0.2) is 5.58 Å². The Bertz CT molecular complexity index is 1120. The standard InChI is InChI=1S/C23H25N3O4/c1-14-8-9-26(13-14)10-11-29-16-3-4-17-15(12-16)2-6-19-21(17)22(25-30-19)18-5-7-20(27)24-23(18)28/h2-4,6,12,14,18H,5,7-11,13H2,1H3,(H,24,27,28). The van der Waals surface area contributed by atoms with Crippen molar-refractivity contribution < 1.29 is 18.8 Å². The van der Waals surface area contributed by atoms with E-state index in [1.807, 2.05) is 30.3 Å². The molecule has 0 saturated carbocycles. The molecule has 2 atom stereocenters. The van der Waals surface area contributed by atoms with Gasteiger partial charge >= 0.3 is 0 Å². The molecule has 3 heterocycles. The fourth-order valence-corrected chi connectivity index (χ4v) is 4.58. The molecule has 1 N–H and O–H groups in total. The highest BCUT2D eigenvalue weighted by atomic mass is 16.5. The highest BCUT2D eigenvalue weighted by molar-refractivity contribution is 6.10. The minimum absolute atomic E-state index is 0.237. The second kappa shape index (κ2) is 7.72. The summed E-state index contributed by atoms with van der Waals surface area (Å²) in [5.74, 6) is 0.574. The van der Waals surface area contributed by atoms with Gasteiger partial charge in [-0.25, -0.2) is 0 Å². The number of piperidine rings is 1. The molecule has 2 aromatic carbocycles. The summed E-state index contributed by atoms with van der Waals surface area (Å²) in [6.45, 7) is 6.19. The van der Waals surface area contributed by atoms with Crippen molar-refractivity contribution in [1.82, 2.24) is 15.4 Å². The maximum absolute atomic E-state index is 12.3. The highest BCUT2D eigenvalue weighted by Crippen LogP contribution is 2.36. The normalized spacial score (nSPS) is 22.7. The number of fused-ring (bicyclic) bond motifs is 3. The molecule has 156 valence electrons. The fourth-order valence-electron chi connectivity index (χ4n) is 4.58. The summed E-state index contributed by atoms with van der Waals surface area (Å²) >= 11 is 0. The van der Waals surface area contributed by atoms with E-state index in [4.69, 9.17) is 9.26 Å². The summed E-state index contributed by atoms with van der Waals surface area (Å²) in [5, 5.41) is 9.39. The van der Waals surface area contributed by atoms with Crippen LogP contribution in [0.2, 0.25) is 0 Å². The van der Waals surface area contributed by atoms with Crippen molar-refractivity contribution in [1.29, 1.82) is 0 Å². The smallest absolute Gasteiger partial charge is 0.235 e. The van der Waals surface area contributed by atoms with Crippen LogP contribution in [0.25, 0.3) is 21.7 Å². The minimum atomic E-state index is -0.478. The number of aromatic nitrogens is 1. The largest absolute Gasteiger partial charge is 0.492 e. The highest BCUT2D eigenvalue weighted by Gasteiger charge is 2.32. The average Bonchev–Trinajstić information content (AvgIpc) is 3.34. The van der Waals surface area contributed by atoms with Gasteiger partial charge in [-0.1, -0.05) is 18.1 Å². The summed E-state index contributed by atoms with van der Waals surface area (Å²) < 4.78 is 11.5. The lowest BCUT2D eigenvalue weighted by atomic mass is 9.91. The molecule has 0 radical (unpaired) electrons. The van der Waals surface area contributed by atoms with E-state index in [9.17, 15) is 9.59 Å². The molecule has 2 aliphatic heterocycles. The number of carbonyl (C=O) groups excluding carboxylic acids is 2. The molecule has 7 nitrogen and oxygen atoms in total. The van der Waals surface area contributed by atoms with Gasteiger partial charge in [0.2, 0.25) is 11.8 Å². The van der Waals surface area contributed by atoms with Crippen LogP contribution in [0.4, 0.5) is 0 Å². The Morgan fingerprint density at radius 3 is 2.93 bits per heavy atom. The second-order valence-corrected chi connectivity index (χ2v) is 8.44. The summed E-state index contributed by atoms with van der Waals surface area (Å²) in [6, 6.07) is 9.82. The van der Waals surface area contributed by atoms with Crippen LogP contribution in [0.3, 0.4) is 0 Å². The Balaban J connectivity index is 1.39. The lowest BCUT2D eigenvalue weighted by Gasteiger charge is -2.19. The van der Waals surface area contributed by atoms with Gasteiger partial charge in [-0.3, -0.25) is 19.8 Å². The average molecular weight is 407 g/mol. The van der Waals surface area contributed by atoms with Crippen molar-refractivity contribution in [2.45, 2.75) is 32.1 Å². The van der Waals surface area contributed by atoms with E-state index >= 15 is 0 Å². The zero-order valence-corrected chi connectivity index (χ0v) is 17.0. The fraction of sp³-hybridized carbons (Fsp3) is 0.435. The molecule has 0 spiro atoms. The van der Waals surface area contributed by atoms with Crippen LogP contribution in [0.5, 0.6) is 5.75 Å². The summed E-state index contributed by atoms with van der Waals surface area (Å²) in [4.78, 5) is 26.3. The second-order valence-electron chi connectivity index (χ2n) is 8.44. The van der Waals surface area contributed by atoms with Gasteiger partial charge < -0.3 is 9.26 Å². The summed E-state index contributed by atoms with van der Waals surface area (Å²) in [5.41, 5.74) is 1.23. The van der Waals surface area contributed by atoms with E-state index in [0.717, 1.165) is 47.5 Å². The Hall–Kier alpha value is -2.93. The molecule has 2 aliphatic rings.